The zero-order valence-electron chi connectivity index (χ0n) is 15.1. The molecule has 2 aromatic heterocycles. The lowest BCUT2D eigenvalue weighted by molar-refractivity contribution is -0.232. The zero-order valence-corrected chi connectivity index (χ0v) is 15.9. The molecule has 0 N–H and O–H groups in total. The first-order valence-corrected chi connectivity index (χ1v) is 10.7. The third-order valence-electron chi connectivity index (χ3n) is 6.22. The van der Waals surface area contributed by atoms with Crippen LogP contribution in [-0.2, 0) is 21.4 Å². The van der Waals surface area contributed by atoms with E-state index in [9.17, 15) is 0 Å². The molecule has 1 saturated heterocycles. The van der Waals surface area contributed by atoms with E-state index >= 15 is 0 Å². The van der Waals surface area contributed by atoms with Crippen LogP contribution in [0.2, 0.25) is 0 Å². The number of imidazole rings is 1. The molecule has 2 aliphatic heterocycles. The van der Waals surface area contributed by atoms with Crippen molar-refractivity contribution in [2.45, 2.75) is 61.4 Å². The monoisotopic (exact) mass is 372 g/mol. The van der Waals surface area contributed by atoms with Crippen molar-refractivity contribution in [2.75, 3.05) is 19.5 Å². The minimum Gasteiger partial charge on any atom is -0.347 e. The van der Waals surface area contributed by atoms with E-state index in [1.54, 1.807) is 11.8 Å². The maximum Gasteiger partial charge on any atom is 0.187 e. The van der Waals surface area contributed by atoms with Crippen LogP contribution < -0.4 is 0 Å². The maximum absolute atomic E-state index is 6.29. The molecule has 0 amide bonds. The minimum absolute atomic E-state index is 0.0827. The van der Waals surface area contributed by atoms with Gasteiger partial charge in [-0.2, -0.15) is 0 Å². The van der Waals surface area contributed by atoms with Crippen molar-refractivity contribution in [1.82, 2.24) is 19.5 Å². The Morgan fingerprint density at radius 1 is 1.08 bits per heavy atom. The van der Waals surface area contributed by atoms with Gasteiger partial charge in [-0.15, -0.1) is 0 Å². The van der Waals surface area contributed by atoms with E-state index in [2.05, 4.69) is 14.5 Å². The highest BCUT2D eigenvalue weighted by molar-refractivity contribution is 7.98. The van der Waals surface area contributed by atoms with Gasteiger partial charge in [0.25, 0.3) is 0 Å². The van der Waals surface area contributed by atoms with Gasteiger partial charge in [0.2, 0.25) is 0 Å². The van der Waals surface area contributed by atoms with Crippen LogP contribution >= 0.6 is 11.8 Å². The summed E-state index contributed by atoms with van der Waals surface area (Å²) in [5.74, 6) is 0.479. The lowest BCUT2D eigenvalue weighted by Crippen LogP contribution is -2.57. The van der Waals surface area contributed by atoms with Gasteiger partial charge in [-0.05, 0) is 38.0 Å². The summed E-state index contributed by atoms with van der Waals surface area (Å²) in [6, 6.07) is 1.95. The van der Waals surface area contributed by atoms with Crippen molar-refractivity contribution < 1.29 is 9.47 Å². The second-order valence-electron chi connectivity index (χ2n) is 7.39. The predicted molar refractivity (Wildman–Crippen MR) is 99.0 cm³/mol. The molecule has 0 radical (unpaired) electrons. The van der Waals surface area contributed by atoms with Gasteiger partial charge in [0, 0.05) is 31.1 Å². The summed E-state index contributed by atoms with van der Waals surface area (Å²) >= 11 is 1.56. The van der Waals surface area contributed by atoms with E-state index in [-0.39, 0.29) is 5.41 Å². The van der Waals surface area contributed by atoms with Crippen LogP contribution in [-0.4, -0.2) is 44.8 Å². The van der Waals surface area contributed by atoms with Crippen molar-refractivity contribution >= 4 is 11.8 Å². The Balaban J connectivity index is 1.63. The summed E-state index contributed by atoms with van der Waals surface area (Å²) in [4.78, 5) is 13.8. The number of aromatic nitrogens is 4. The van der Waals surface area contributed by atoms with E-state index in [1.165, 1.54) is 18.5 Å². The fraction of sp³-hybridized carbons (Fsp3) is 0.632. The highest BCUT2D eigenvalue weighted by Gasteiger charge is 2.59. The van der Waals surface area contributed by atoms with Gasteiger partial charge in [-0.25, -0.2) is 15.0 Å². The Labute approximate surface area is 157 Å². The number of hydrogen-bond donors (Lipinski definition) is 0. The molecule has 1 saturated carbocycles. The number of nitrogens with zero attached hydrogens (tertiary/aromatic N) is 4. The van der Waals surface area contributed by atoms with Gasteiger partial charge in [-0.3, -0.25) is 0 Å². The molecular weight excluding hydrogens is 348 g/mol. The average molecular weight is 372 g/mol. The minimum atomic E-state index is -0.461. The predicted octanol–water partition coefficient (Wildman–Crippen LogP) is 3.41. The van der Waals surface area contributed by atoms with Crippen molar-refractivity contribution in [3.63, 3.8) is 0 Å². The molecule has 1 atom stereocenters. The summed E-state index contributed by atoms with van der Waals surface area (Å²) in [6.07, 6.45) is 12.6. The molecule has 138 valence electrons. The van der Waals surface area contributed by atoms with Crippen LogP contribution in [0, 0.1) is 0 Å². The summed E-state index contributed by atoms with van der Waals surface area (Å²) in [5.41, 5.74) is 2.08. The Kier molecular flexibility index (Phi) is 4.06. The quantitative estimate of drug-likeness (QED) is 0.595. The van der Waals surface area contributed by atoms with Crippen LogP contribution in [0.1, 0.15) is 44.2 Å². The highest BCUT2D eigenvalue weighted by Crippen LogP contribution is 2.55. The van der Waals surface area contributed by atoms with E-state index in [0.29, 0.717) is 13.2 Å². The van der Waals surface area contributed by atoms with Crippen LogP contribution in [0.5, 0.6) is 0 Å². The number of fused-ring (bicyclic) bond motifs is 3. The van der Waals surface area contributed by atoms with Crippen molar-refractivity contribution in [3.05, 3.63) is 24.2 Å². The Bertz CT molecular complexity index is 818. The van der Waals surface area contributed by atoms with Gasteiger partial charge in [-0.1, -0.05) is 18.2 Å². The second kappa shape index (κ2) is 6.32. The number of thioether (sulfide) groups is 1. The van der Waals surface area contributed by atoms with Crippen LogP contribution in [0.15, 0.2) is 23.6 Å². The van der Waals surface area contributed by atoms with E-state index in [4.69, 9.17) is 14.5 Å². The number of rotatable bonds is 2. The standard InChI is InChI=1S/C19H24N4O2S/c1-26-17-20-9-5-14(22-17)16-21-13-15-18(7-4-10-23(15)16)6-2-3-8-19(18)24-11-12-25-19/h5,9,13H,2-4,6-8,10-12H2,1H3. The molecule has 2 aromatic rings. The van der Waals surface area contributed by atoms with Crippen molar-refractivity contribution in [1.29, 1.82) is 0 Å². The molecule has 5 rings (SSSR count). The molecule has 7 heteroatoms. The topological polar surface area (TPSA) is 62.1 Å². The normalized spacial score (nSPS) is 27.1. The maximum atomic E-state index is 6.29. The van der Waals surface area contributed by atoms with Gasteiger partial charge < -0.3 is 14.0 Å². The molecular formula is C19H24N4O2S. The SMILES string of the molecule is CSc1nccc(-c2ncc3n2CCCC32CCCCC23OCCO3)n1. The van der Waals surface area contributed by atoms with Gasteiger partial charge in [0.05, 0.1) is 18.6 Å². The molecule has 4 heterocycles. The molecule has 3 aliphatic rings. The third-order valence-corrected chi connectivity index (χ3v) is 6.78. The molecule has 1 unspecified atom stereocenters. The molecule has 1 aliphatic carbocycles. The third kappa shape index (κ3) is 2.30. The van der Waals surface area contributed by atoms with Crippen molar-refractivity contribution in [3.8, 4) is 11.5 Å². The molecule has 2 fully saturated rings. The summed E-state index contributed by atoms with van der Waals surface area (Å²) < 4.78 is 14.9. The largest absolute Gasteiger partial charge is 0.347 e. The van der Waals surface area contributed by atoms with E-state index in [1.807, 2.05) is 24.7 Å². The lowest BCUT2D eigenvalue weighted by atomic mass is 9.63. The molecule has 26 heavy (non-hydrogen) atoms. The van der Waals surface area contributed by atoms with Crippen molar-refractivity contribution in [2.24, 2.45) is 0 Å². The fourth-order valence-electron chi connectivity index (χ4n) is 5.15. The van der Waals surface area contributed by atoms with Gasteiger partial charge >= 0.3 is 0 Å². The highest BCUT2D eigenvalue weighted by atomic mass is 32.2. The van der Waals surface area contributed by atoms with Crippen LogP contribution in [0.25, 0.3) is 11.5 Å². The lowest BCUT2D eigenvalue weighted by Gasteiger charge is -2.52. The second-order valence-corrected chi connectivity index (χ2v) is 8.16. The first-order valence-electron chi connectivity index (χ1n) is 9.49. The molecule has 6 nitrogen and oxygen atoms in total. The smallest absolute Gasteiger partial charge is 0.187 e. The Morgan fingerprint density at radius 3 is 2.73 bits per heavy atom. The van der Waals surface area contributed by atoms with Gasteiger partial charge in [0.1, 0.15) is 5.69 Å². The fourth-order valence-corrected chi connectivity index (χ4v) is 5.50. The summed E-state index contributed by atoms with van der Waals surface area (Å²) in [6.45, 7) is 2.37. The molecule has 0 aromatic carbocycles. The van der Waals surface area contributed by atoms with Crippen LogP contribution in [0.4, 0.5) is 0 Å². The van der Waals surface area contributed by atoms with E-state index < -0.39 is 5.79 Å². The average Bonchev–Trinajstić information content (AvgIpc) is 3.33. The molecule has 2 spiro atoms. The Morgan fingerprint density at radius 2 is 1.88 bits per heavy atom. The Hall–Kier alpha value is -1.44. The summed E-state index contributed by atoms with van der Waals surface area (Å²) in [5, 5.41) is 0.780. The number of ether oxygens (including phenoxy) is 2. The first kappa shape index (κ1) is 16.7. The molecule has 0 bridgehead atoms. The van der Waals surface area contributed by atoms with Crippen LogP contribution in [0.3, 0.4) is 0 Å². The van der Waals surface area contributed by atoms with Gasteiger partial charge in [0.15, 0.2) is 16.8 Å². The number of hydrogen-bond acceptors (Lipinski definition) is 6. The van der Waals surface area contributed by atoms with E-state index in [0.717, 1.165) is 48.9 Å². The first-order chi connectivity index (χ1) is 12.8. The summed E-state index contributed by atoms with van der Waals surface area (Å²) in [7, 11) is 0. The zero-order chi connectivity index (χ0) is 17.6.